The van der Waals surface area contributed by atoms with Crippen molar-refractivity contribution in [2.45, 2.75) is 24.1 Å². The van der Waals surface area contributed by atoms with Crippen LogP contribution >= 0.6 is 23.2 Å². The van der Waals surface area contributed by atoms with E-state index in [1.165, 1.54) is 19.3 Å². The molecule has 11 heavy (non-hydrogen) atoms. The van der Waals surface area contributed by atoms with Crippen LogP contribution in [0.3, 0.4) is 0 Å². The first-order chi connectivity index (χ1) is 5.27. The van der Waals surface area contributed by atoms with Crippen molar-refractivity contribution in [3.8, 4) is 0 Å². The number of hydrogen-bond donors (Lipinski definition) is 0. The summed E-state index contributed by atoms with van der Waals surface area (Å²) in [5.74, 6) is 4.53. The van der Waals surface area contributed by atoms with Crippen molar-refractivity contribution in [3.05, 3.63) is 0 Å². The third-order valence-corrected chi connectivity index (χ3v) is 4.42. The van der Waals surface area contributed by atoms with Crippen molar-refractivity contribution in [1.82, 2.24) is 0 Å². The van der Waals surface area contributed by atoms with Crippen LogP contribution in [-0.2, 0) is 0 Å². The van der Waals surface area contributed by atoms with Crippen LogP contribution in [0.15, 0.2) is 0 Å². The molecule has 3 saturated carbocycles. The zero-order chi connectivity index (χ0) is 7.59. The van der Waals surface area contributed by atoms with E-state index in [0.29, 0.717) is 5.92 Å². The Kier molecular flexibility index (Phi) is 1.33. The molecule has 0 unspecified atom stereocenters. The highest BCUT2D eigenvalue weighted by Gasteiger charge is 2.60. The molecule has 0 N–H and O–H groups in total. The minimum Gasteiger partial charge on any atom is -0.105 e. The summed E-state index contributed by atoms with van der Waals surface area (Å²) in [6, 6.07) is 0. The molecule has 0 spiro atoms. The van der Waals surface area contributed by atoms with Gasteiger partial charge in [0.2, 0.25) is 0 Å². The van der Waals surface area contributed by atoms with E-state index in [2.05, 4.69) is 0 Å². The fourth-order valence-corrected chi connectivity index (χ4v) is 3.85. The Balaban J connectivity index is 1.81. The summed E-state index contributed by atoms with van der Waals surface area (Å²) in [6.07, 6.45) is 4.34. The highest BCUT2D eigenvalue weighted by Crippen LogP contribution is 2.67. The molecule has 0 aromatic heterocycles. The Bertz CT molecular complexity index is 174. The Morgan fingerprint density at radius 1 is 0.909 bits per heavy atom. The van der Waals surface area contributed by atoms with E-state index in [1.807, 2.05) is 0 Å². The molecule has 3 rings (SSSR count). The highest BCUT2D eigenvalue weighted by molar-refractivity contribution is 6.44. The van der Waals surface area contributed by atoms with Crippen LogP contribution in [-0.4, -0.2) is 4.84 Å². The predicted octanol–water partition coefficient (Wildman–Crippen LogP) is 3.08. The van der Waals surface area contributed by atoms with Gasteiger partial charge in [0.25, 0.3) is 0 Å². The van der Waals surface area contributed by atoms with Crippen LogP contribution < -0.4 is 0 Å². The molecule has 0 bridgehead atoms. The Morgan fingerprint density at radius 3 is 1.91 bits per heavy atom. The van der Waals surface area contributed by atoms with Crippen LogP contribution in [0.5, 0.6) is 0 Å². The maximum Gasteiger partial charge on any atom is 0.111 e. The number of rotatable bonds is 1. The first-order valence-electron chi connectivity index (χ1n) is 4.55. The van der Waals surface area contributed by atoms with E-state index < -0.39 is 0 Å². The van der Waals surface area contributed by atoms with Gasteiger partial charge in [-0.05, 0) is 48.9 Å². The van der Waals surface area contributed by atoms with Gasteiger partial charge >= 0.3 is 0 Å². The normalized spacial score (nSPS) is 58.6. The van der Waals surface area contributed by atoms with Gasteiger partial charge < -0.3 is 0 Å². The molecule has 62 valence electrons. The summed E-state index contributed by atoms with van der Waals surface area (Å²) in [5, 5.41) is 0. The van der Waals surface area contributed by atoms with Gasteiger partial charge in [-0.2, -0.15) is 0 Å². The second-order valence-corrected chi connectivity index (χ2v) is 5.63. The summed E-state index contributed by atoms with van der Waals surface area (Å²) in [7, 11) is 0. The van der Waals surface area contributed by atoms with Crippen molar-refractivity contribution in [2.75, 3.05) is 0 Å². The Morgan fingerprint density at radius 2 is 1.45 bits per heavy atom. The van der Waals surface area contributed by atoms with E-state index in [-0.39, 0.29) is 4.84 Å². The molecule has 0 amide bonds. The molecule has 0 saturated heterocycles. The molecule has 4 atom stereocenters. The fraction of sp³-hybridized carbons (Fsp3) is 1.00. The van der Waals surface area contributed by atoms with Gasteiger partial charge in [0.15, 0.2) is 0 Å². The van der Waals surface area contributed by atoms with Crippen molar-refractivity contribution >= 4 is 23.2 Å². The quantitative estimate of drug-likeness (QED) is 0.558. The maximum atomic E-state index is 5.97. The maximum absolute atomic E-state index is 5.97. The third kappa shape index (κ3) is 0.954. The zero-order valence-electron chi connectivity index (χ0n) is 6.34. The molecule has 0 aliphatic heterocycles. The number of halogens is 2. The second kappa shape index (κ2) is 2.09. The molecular formula is C9H12Cl2. The SMILES string of the molecule is ClC(Cl)C1[C@@H]2C[C@H]2C[C@@H]2C[C@@H]12. The van der Waals surface area contributed by atoms with E-state index >= 15 is 0 Å². The van der Waals surface area contributed by atoms with E-state index in [0.717, 1.165) is 23.7 Å². The lowest BCUT2D eigenvalue weighted by Gasteiger charge is -2.21. The standard InChI is InChI=1S/C9H12Cl2/c10-9(11)8-6-2-4(6)1-5-3-7(5)8/h4-9H,1-3H2/t4-,5-,6-,7-/m1/s1. The van der Waals surface area contributed by atoms with E-state index in [4.69, 9.17) is 23.2 Å². The van der Waals surface area contributed by atoms with Crippen molar-refractivity contribution in [1.29, 1.82) is 0 Å². The molecule has 0 aromatic carbocycles. The molecule has 2 heteroatoms. The second-order valence-electron chi connectivity index (χ2n) is 4.47. The molecule has 3 aliphatic rings. The lowest BCUT2D eigenvalue weighted by atomic mass is 9.90. The highest BCUT2D eigenvalue weighted by atomic mass is 35.5. The lowest BCUT2D eigenvalue weighted by Crippen LogP contribution is -2.19. The average Bonchev–Trinajstić information content (AvgIpc) is 2.69. The lowest BCUT2D eigenvalue weighted by molar-refractivity contribution is 0.331. The topological polar surface area (TPSA) is 0 Å². The van der Waals surface area contributed by atoms with E-state index in [1.54, 1.807) is 0 Å². The van der Waals surface area contributed by atoms with Crippen LogP contribution in [0.2, 0.25) is 0 Å². The van der Waals surface area contributed by atoms with Crippen molar-refractivity contribution < 1.29 is 0 Å². The molecule has 3 aliphatic carbocycles. The van der Waals surface area contributed by atoms with Crippen LogP contribution in [0, 0.1) is 29.6 Å². The smallest absolute Gasteiger partial charge is 0.105 e. The van der Waals surface area contributed by atoms with Crippen molar-refractivity contribution in [2.24, 2.45) is 29.6 Å². The third-order valence-electron chi connectivity index (χ3n) is 3.84. The van der Waals surface area contributed by atoms with Gasteiger partial charge in [-0.25, -0.2) is 0 Å². The van der Waals surface area contributed by atoms with Crippen molar-refractivity contribution in [3.63, 3.8) is 0 Å². The first kappa shape index (κ1) is 7.03. The number of hydrogen-bond acceptors (Lipinski definition) is 0. The molecular weight excluding hydrogens is 179 g/mol. The number of fused-ring (bicyclic) bond motifs is 2. The Labute approximate surface area is 77.2 Å². The molecule has 3 fully saturated rings. The predicted molar refractivity (Wildman–Crippen MR) is 46.8 cm³/mol. The van der Waals surface area contributed by atoms with Gasteiger partial charge in [0, 0.05) is 0 Å². The molecule has 0 nitrogen and oxygen atoms in total. The Hall–Kier alpha value is 0.580. The van der Waals surface area contributed by atoms with Gasteiger partial charge in [-0.15, -0.1) is 23.2 Å². The van der Waals surface area contributed by atoms with Crippen LogP contribution in [0.4, 0.5) is 0 Å². The van der Waals surface area contributed by atoms with Gasteiger partial charge in [-0.1, -0.05) is 0 Å². The summed E-state index contributed by atoms with van der Waals surface area (Å²) >= 11 is 11.9. The number of alkyl halides is 2. The summed E-state index contributed by atoms with van der Waals surface area (Å²) in [6.45, 7) is 0. The average molecular weight is 191 g/mol. The van der Waals surface area contributed by atoms with Gasteiger partial charge in [0.05, 0.1) is 0 Å². The summed E-state index contributed by atoms with van der Waals surface area (Å²) in [5.41, 5.74) is 0. The summed E-state index contributed by atoms with van der Waals surface area (Å²) in [4.78, 5) is -0.0831. The zero-order valence-corrected chi connectivity index (χ0v) is 7.85. The first-order valence-corrected chi connectivity index (χ1v) is 5.43. The minimum atomic E-state index is -0.0831. The van der Waals surface area contributed by atoms with Crippen LogP contribution in [0.1, 0.15) is 19.3 Å². The molecule has 0 aromatic rings. The van der Waals surface area contributed by atoms with Gasteiger partial charge in [-0.3, -0.25) is 0 Å². The van der Waals surface area contributed by atoms with E-state index in [9.17, 15) is 0 Å². The fourth-order valence-electron chi connectivity index (χ4n) is 3.11. The molecule has 0 heterocycles. The monoisotopic (exact) mass is 190 g/mol. The summed E-state index contributed by atoms with van der Waals surface area (Å²) < 4.78 is 0. The molecule has 0 radical (unpaired) electrons. The largest absolute Gasteiger partial charge is 0.111 e. The van der Waals surface area contributed by atoms with Gasteiger partial charge in [0.1, 0.15) is 4.84 Å². The van der Waals surface area contributed by atoms with Crippen LogP contribution in [0.25, 0.3) is 0 Å². The minimum absolute atomic E-state index is 0.0831.